The predicted octanol–water partition coefficient (Wildman–Crippen LogP) is 3.20. The monoisotopic (exact) mass is 276 g/mol. The SMILES string of the molecule is O=S(=O)(Cl)Cc1cc(Cl)c(F)cc1Cl. The summed E-state index contributed by atoms with van der Waals surface area (Å²) in [6.45, 7) is 0. The van der Waals surface area contributed by atoms with E-state index in [1.807, 2.05) is 0 Å². The molecule has 0 aliphatic rings. The molecule has 1 rings (SSSR count). The summed E-state index contributed by atoms with van der Waals surface area (Å²) in [6, 6.07) is 2.08. The van der Waals surface area contributed by atoms with Crippen molar-refractivity contribution in [3.8, 4) is 0 Å². The molecule has 0 saturated carbocycles. The van der Waals surface area contributed by atoms with E-state index in [1.54, 1.807) is 0 Å². The Bertz CT molecular complexity index is 458. The first-order valence-electron chi connectivity index (χ1n) is 3.35. The van der Waals surface area contributed by atoms with Crippen LogP contribution in [-0.4, -0.2) is 8.42 Å². The average Bonchev–Trinajstić information content (AvgIpc) is 1.97. The molecule has 0 amide bonds. The van der Waals surface area contributed by atoms with E-state index < -0.39 is 20.6 Å². The Hall–Kier alpha value is -0.0300. The van der Waals surface area contributed by atoms with Crippen LogP contribution in [0.15, 0.2) is 12.1 Å². The van der Waals surface area contributed by atoms with Gasteiger partial charge in [0.15, 0.2) is 0 Å². The number of hydrogen-bond donors (Lipinski definition) is 0. The van der Waals surface area contributed by atoms with Gasteiger partial charge in [-0.1, -0.05) is 23.2 Å². The molecule has 78 valence electrons. The van der Waals surface area contributed by atoms with Gasteiger partial charge in [-0.15, -0.1) is 0 Å². The fourth-order valence-corrected chi connectivity index (χ4v) is 2.31. The summed E-state index contributed by atoms with van der Waals surface area (Å²) < 4.78 is 34.2. The topological polar surface area (TPSA) is 34.1 Å². The molecule has 14 heavy (non-hydrogen) atoms. The number of hydrogen-bond acceptors (Lipinski definition) is 2. The molecule has 0 radical (unpaired) electrons. The molecule has 1 aromatic rings. The maximum atomic E-state index is 12.8. The maximum absolute atomic E-state index is 12.8. The highest BCUT2D eigenvalue weighted by Gasteiger charge is 2.13. The van der Waals surface area contributed by atoms with E-state index in [9.17, 15) is 12.8 Å². The van der Waals surface area contributed by atoms with Crippen LogP contribution in [0.4, 0.5) is 4.39 Å². The van der Waals surface area contributed by atoms with Gasteiger partial charge >= 0.3 is 0 Å². The van der Waals surface area contributed by atoms with Gasteiger partial charge in [0.25, 0.3) is 0 Å². The highest BCUT2D eigenvalue weighted by atomic mass is 35.7. The minimum absolute atomic E-state index is 0.0175. The van der Waals surface area contributed by atoms with Crippen molar-refractivity contribution in [1.82, 2.24) is 0 Å². The second kappa shape index (κ2) is 4.23. The molecule has 0 N–H and O–H groups in total. The summed E-state index contributed by atoms with van der Waals surface area (Å²) in [7, 11) is 1.29. The zero-order valence-electron chi connectivity index (χ0n) is 6.60. The normalized spacial score (nSPS) is 11.7. The molecule has 0 bridgehead atoms. The Labute approximate surface area is 95.0 Å². The molecule has 0 spiro atoms. The maximum Gasteiger partial charge on any atom is 0.236 e. The van der Waals surface area contributed by atoms with Crippen molar-refractivity contribution in [2.45, 2.75) is 5.75 Å². The number of benzene rings is 1. The third kappa shape index (κ3) is 3.28. The molecule has 2 nitrogen and oxygen atoms in total. The quantitative estimate of drug-likeness (QED) is 0.614. The molecule has 7 heteroatoms. The van der Waals surface area contributed by atoms with Gasteiger partial charge in [0, 0.05) is 15.7 Å². The van der Waals surface area contributed by atoms with Gasteiger partial charge in [-0.3, -0.25) is 0 Å². The van der Waals surface area contributed by atoms with Crippen LogP contribution in [0, 0.1) is 5.82 Å². The highest BCUT2D eigenvalue weighted by molar-refractivity contribution is 8.13. The predicted molar refractivity (Wildman–Crippen MR) is 54.9 cm³/mol. The van der Waals surface area contributed by atoms with Crippen molar-refractivity contribution in [1.29, 1.82) is 0 Å². The summed E-state index contributed by atoms with van der Waals surface area (Å²) in [5, 5.41) is -0.208. The molecule has 0 aliphatic heterocycles. The Morgan fingerprint density at radius 1 is 1.21 bits per heavy atom. The molecule has 0 aromatic heterocycles. The van der Waals surface area contributed by atoms with E-state index >= 15 is 0 Å². The molecular weight excluding hydrogens is 273 g/mol. The highest BCUT2D eigenvalue weighted by Crippen LogP contribution is 2.26. The molecular formula is C7H4Cl3FO2S. The van der Waals surface area contributed by atoms with Gasteiger partial charge in [-0.05, 0) is 17.7 Å². The molecule has 0 fully saturated rings. The Balaban J connectivity index is 3.17. The zero-order chi connectivity index (χ0) is 10.9. The molecule has 0 unspecified atom stereocenters. The summed E-state index contributed by atoms with van der Waals surface area (Å²) >= 11 is 11.0. The summed E-state index contributed by atoms with van der Waals surface area (Å²) in [5.41, 5.74) is 0.174. The van der Waals surface area contributed by atoms with Crippen LogP contribution in [0.3, 0.4) is 0 Å². The van der Waals surface area contributed by atoms with Crippen LogP contribution in [0.5, 0.6) is 0 Å². The first kappa shape index (κ1) is 12.0. The molecule has 0 atom stereocenters. The van der Waals surface area contributed by atoms with Crippen molar-refractivity contribution >= 4 is 42.9 Å². The van der Waals surface area contributed by atoms with Crippen molar-refractivity contribution in [3.63, 3.8) is 0 Å². The van der Waals surface area contributed by atoms with Gasteiger partial charge in [0.1, 0.15) is 5.82 Å². The van der Waals surface area contributed by atoms with Crippen molar-refractivity contribution < 1.29 is 12.8 Å². The molecule has 0 saturated heterocycles. The Kier molecular flexibility index (Phi) is 3.63. The lowest BCUT2D eigenvalue weighted by molar-refractivity contribution is 0.608. The van der Waals surface area contributed by atoms with E-state index in [4.69, 9.17) is 33.9 Å². The van der Waals surface area contributed by atoms with Crippen LogP contribution in [0.25, 0.3) is 0 Å². The molecule has 0 heterocycles. The minimum Gasteiger partial charge on any atom is -0.212 e. The summed E-state index contributed by atoms with van der Waals surface area (Å²) in [6.07, 6.45) is 0. The van der Waals surface area contributed by atoms with Crippen LogP contribution >= 0.6 is 33.9 Å². The lowest BCUT2D eigenvalue weighted by Gasteiger charge is -2.03. The largest absolute Gasteiger partial charge is 0.236 e. The van der Waals surface area contributed by atoms with Crippen molar-refractivity contribution in [2.75, 3.05) is 0 Å². The smallest absolute Gasteiger partial charge is 0.212 e. The van der Waals surface area contributed by atoms with E-state index in [1.165, 1.54) is 0 Å². The third-order valence-electron chi connectivity index (χ3n) is 1.42. The van der Waals surface area contributed by atoms with E-state index in [-0.39, 0.29) is 15.6 Å². The first-order chi connectivity index (χ1) is 6.29. The molecule has 1 aromatic carbocycles. The summed E-state index contributed by atoms with van der Waals surface area (Å²) in [5.74, 6) is -1.18. The third-order valence-corrected chi connectivity index (χ3v) is 3.04. The van der Waals surface area contributed by atoms with Gasteiger partial charge in [0.2, 0.25) is 9.05 Å². The van der Waals surface area contributed by atoms with Crippen LogP contribution < -0.4 is 0 Å². The lowest BCUT2D eigenvalue weighted by Crippen LogP contribution is -1.96. The number of rotatable bonds is 2. The Morgan fingerprint density at radius 2 is 1.79 bits per heavy atom. The van der Waals surface area contributed by atoms with E-state index in [0.717, 1.165) is 12.1 Å². The van der Waals surface area contributed by atoms with Gasteiger partial charge in [-0.2, -0.15) is 0 Å². The van der Waals surface area contributed by atoms with Crippen LogP contribution in [-0.2, 0) is 14.8 Å². The van der Waals surface area contributed by atoms with Crippen molar-refractivity contribution in [2.24, 2.45) is 0 Å². The average molecular weight is 278 g/mol. The fraction of sp³-hybridized carbons (Fsp3) is 0.143. The van der Waals surface area contributed by atoms with Gasteiger partial charge < -0.3 is 0 Å². The Morgan fingerprint density at radius 3 is 2.29 bits per heavy atom. The minimum atomic E-state index is -3.72. The standard InChI is InChI=1S/C7H4Cl3FO2S/c8-5-2-7(11)6(9)1-4(5)3-14(10,12)13/h1-2H,3H2. The van der Waals surface area contributed by atoms with Crippen LogP contribution in [0.1, 0.15) is 5.56 Å². The van der Waals surface area contributed by atoms with E-state index in [0.29, 0.717) is 0 Å². The van der Waals surface area contributed by atoms with Gasteiger partial charge in [0.05, 0.1) is 10.8 Å². The lowest BCUT2D eigenvalue weighted by atomic mass is 10.2. The van der Waals surface area contributed by atoms with Crippen LogP contribution in [0.2, 0.25) is 10.0 Å². The fourth-order valence-electron chi connectivity index (χ4n) is 0.860. The number of halogens is 4. The second-order valence-electron chi connectivity index (χ2n) is 2.54. The zero-order valence-corrected chi connectivity index (χ0v) is 9.68. The first-order valence-corrected chi connectivity index (χ1v) is 6.59. The summed E-state index contributed by atoms with van der Waals surface area (Å²) in [4.78, 5) is 0. The van der Waals surface area contributed by atoms with Crippen molar-refractivity contribution in [3.05, 3.63) is 33.6 Å². The molecule has 0 aliphatic carbocycles. The van der Waals surface area contributed by atoms with E-state index in [2.05, 4.69) is 0 Å². The van der Waals surface area contributed by atoms with Gasteiger partial charge in [-0.25, -0.2) is 12.8 Å². The second-order valence-corrected chi connectivity index (χ2v) is 6.13.